The van der Waals surface area contributed by atoms with E-state index in [-0.39, 0.29) is 30.4 Å². The number of methoxy groups -OCH3 is 1. The largest absolute Gasteiger partial charge is 0.464 e. The summed E-state index contributed by atoms with van der Waals surface area (Å²) in [5, 5.41) is 2.98. The minimum atomic E-state index is -1.20. The second-order valence-electron chi connectivity index (χ2n) is 8.56. The monoisotopic (exact) mass is 460 g/mol. The molecule has 1 aromatic heterocycles. The van der Waals surface area contributed by atoms with E-state index >= 15 is 0 Å². The van der Waals surface area contributed by atoms with Crippen molar-refractivity contribution in [3.63, 3.8) is 0 Å². The molecule has 176 valence electrons. The van der Waals surface area contributed by atoms with Crippen LogP contribution in [0, 0.1) is 0 Å². The van der Waals surface area contributed by atoms with Gasteiger partial charge < -0.3 is 19.5 Å². The number of carbonyl (C=O) groups is 3. The predicted molar refractivity (Wildman–Crippen MR) is 126 cm³/mol. The lowest BCUT2D eigenvalue weighted by molar-refractivity contribution is -0.133. The van der Waals surface area contributed by atoms with Crippen LogP contribution in [-0.2, 0) is 35.6 Å². The van der Waals surface area contributed by atoms with Crippen molar-refractivity contribution < 1.29 is 19.1 Å². The average Bonchev–Trinajstić information content (AvgIpc) is 3.29. The third-order valence-electron chi connectivity index (χ3n) is 6.30. The summed E-state index contributed by atoms with van der Waals surface area (Å²) in [6.07, 6.45) is 2.32. The summed E-state index contributed by atoms with van der Waals surface area (Å²) < 4.78 is 6.37. The van der Waals surface area contributed by atoms with Gasteiger partial charge in [0, 0.05) is 13.1 Å². The third-order valence-corrected chi connectivity index (χ3v) is 6.30. The van der Waals surface area contributed by atoms with Crippen molar-refractivity contribution >= 4 is 17.8 Å². The van der Waals surface area contributed by atoms with Crippen LogP contribution in [0.15, 0.2) is 60.9 Å². The first-order valence-electron chi connectivity index (χ1n) is 11.2. The fourth-order valence-corrected chi connectivity index (χ4v) is 4.21. The number of aryl methyl sites for hydroxylation is 1. The van der Waals surface area contributed by atoms with E-state index in [4.69, 9.17) is 4.74 Å². The Morgan fingerprint density at radius 2 is 1.74 bits per heavy atom. The molecular formula is C26H28N4O4. The zero-order valence-electron chi connectivity index (χ0n) is 19.6. The zero-order valence-corrected chi connectivity index (χ0v) is 19.6. The highest BCUT2D eigenvalue weighted by Gasteiger charge is 2.48. The smallest absolute Gasteiger partial charge is 0.359 e. The fraction of sp³-hybridized carbons (Fsp3) is 0.308. The Morgan fingerprint density at radius 1 is 1.06 bits per heavy atom. The van der Waals surface area contributed by atoms with Crippen LogP contribution < -0.4 is 5.32 Å². The van der Waals surface area contributed by atoms with Crippen molar-refractivity contribution in [3.8, 4) is 0 Å². The van der Waals surface area contributed by atoms with E-state index in [0.29, 0.717) is 6.54 Å². The van der Waals surface area contributed by atoms with Crippen molar-refractivity contribution in [2.24, 2.45) is 0 Å². The van der Waals surface area contributed by atoms with E-state index in [1.807, 2.05) is 54.6 Å². The maximum atomic E-state index is 13.7. The standard InChI is InChI=1S/C26H28N4O4/c1-4-18-10-12-20(13-11-18)15-30-23(31)22-21(24(32)34-3)28-17-29(22)16-26(30,2)25(33)27-14-19-8-6-5-7-9-19/h5-13,17H,4,14-16H2,1-3H3,(H,27,33). The van der Waals surface area contributed by atoms with Crippen LogP contribution in [0.3, 0.4) is 0 Å². The number of hydrogen-bond acceptors (Lipinski definition) is 5. The Kier molecular flexibility index (Phi) is 6.49. The molecule has 0 bridgehead atoms. The molecule has 0 aliphatic carbocycles. The number of esters is 1. The number of hydrogen-bond donors (Lipinski definition) is 1. The molecule has 0 spiro atoms. The van der Waals surface area contributed by atoms with Gasteiger partial charge in [-0.2, -0.15) is 0 Å². The number of imidazole rings is 1. The number of rotatable bonds is 7. The molecular weight excluding hydrogens is 432 g/mol. The van der Waals surface area contributed by atoms with Gasteiger partial charge in [-0.25, -0.2) is 9.78 Å². The minimum Gasteiger partial charge on any atom is -0.464 e. The van der Waals surface area contributed by atoms with Gasteiger partial charge in [0.2, 0.25) is 5.91 Å². The van der Waals surface area contributed by atoms with Gasteiger partial charge in [-0.1, -0.05) is 61.5 Å². The number of aromatic nitrogens is 2. The Bertz CT molecular complexity index is 1200. The van der Waals surface area contributed by atoms with Crippen LogP contribution in [-0.4, -0.2) is 44.9 Å². The molecule has 1 unspecified atom stereocenters. The number of benzene rings is 2. The van der Waals surface area contributed by atoms with E-state index in [2.05, 4.69) is 17.2 Å². The number of amides is 2. The van der Waals surface area contributed by atoms with E-state index in [0.717, 1.165) is 17.5 Å². The van der Waals surface area contributed by atoms with Crippen LogP contribution in [0.5, 0.6) is 0 Å². The Morgan fingerprint density at radius 3 is 2.38 bits per heavy atom. The number of nitrogens with one attached hydrogen (secondary N) is 1. The molecule has 2 amide bonds. The van der Waals surface area contributed by atoms with Gasteiger partial charge >= 0.3 is 5.97 Å². The summed E-state index contributed by atoms with van der Waals surface area (Å²) in [6, 6.07) is 17.5. The summed E-state index contributed by atoms with van der Waals surface area (Å²) in [5.74, 6) is -1.42. The van der Waals surface area contributed by atoms with Crippen molar-refractivity contribution in [2.45, 2.75) is 45.4 Å². The summed E-state index contributed by atoms with van der Waals surface area (Å²) in [5.41, 5.74) is 1.91. The molecule has 0 radical (unpaired) electrons. The molecule has 0 saturated carbocycles. The highest BCUT2D eigenvalue weighted by Crippen LogP contribution is 2.31. The van der Waals surface area contributed by atoms with Crippen LogP contribution in [0.25, 0.3) is 0 Å². The van der Waals surface area contributed by atoms with E-state index in [1.165, 1.54) is 23.9 Å². The SMILES string of the molecule is CCc1ccc(CN2C(=O)c3c(C(=O)OC)ncn3CC2(C)C(=O)NCc2ccccc2)cc1. The van der Waals surface area contributed by atoms with Gasteiger partial charge in [0.1, 0.15) is 11.2 Å². The lowest BCUT2D eigenvalue weighted by Crippen LogP contribution is -2.63. The predicted octanol–water partition coefficient (Wildman–Crippen LogP) is 2.96. The molecule has 3 aromatic rings. The molecule has 0 saturated heterocycles. The first kappa shape index (κ1) is 23.2. The molecule has 1 atom stereocenters. The summed E-state index contributed by atoms with van der Waals surface area (Å²) in [6.45, 7) is 4.53. The second-order valence-corrected chi connectivity index (χ2v) is 8.56. The molecule has 1 aliphatic heterocycles. The Hall–Kier alpha value is -3.94. The third kappa shape index (κ3) is 4.31. The molecule has 4 rings (SSSR count). The first-order chi connectivity index (χ1) is 16.4. The lowest BCUT2D eigenvalue weighted by Gasteiger charge is -2.43. The lowest BCUT2D eigenvalue weighted by atomic mass is 9.93. The van der Waals surface area contributed by atoms with Crippen LogP contribution in [0.4, 0.5) is 0 Å². The Balaban J connectivity index is 1.69. The minimum absolute atomic E-state index is 0.0504. The van der Waals surface area contributed by atoms with E-state index < -0.39 is 17.4 Å². The normalized spacial score (nSPS) is 17.3. The summed E-state index contributed by atoms with van der Waals surface area (Å²) >= 11 is 0. The molecule has 8 heteroatoms. The number of nitrogens with zero attached hydrogens (tertiary/aromatic N) is 3. The highest BCUT2D eigenvalue weighted by molar-refractivity contribution is 6.06. The second kappa shape index (κ2) is 9.51. The van der Waals surface area contributed by atoms with E-state index in [9.17, 15) is 14.4 Å². The maximum absolute atomic E-state index is 13.7. The van der Waals surface area contributed by atoms with Gasteiger partial charge in [-0.15, -0.1) is 0 Å². The molecule has 1 N–H and O–H groups in total. The quantitative estimate of drug-likeness (QED) is 0.547. The molecule has 2 aromatic carbocycles. The van der Waals surface area contributed by atoms with Crippen LogP contribution in [0.2, 0.25) is 0 Å². The maximum Gasteiger partial charge on any atom is 0.359 e. The Labute approximate surface area is 198 Å². The molecule has 1 aliphatic rings. The number of carbonyl (C=O) groups excluding carboxylic acids is 3. The van der Waals surface area contributed by atoms with Crippen molar-refractivity contribution in [2.75, 3.05) is 7.11 Å². The molecule has 34 heavy (non-hydrogen) atoms. The van der Waals surface area contributed by atoms with Crippen LogP contribution >= 0.6 is 0 Å². The first-order valence-corrected chi connectivity index (χ1v) is 11.2. The highest BCUT2D eigenvalue weighted by atomic mass is 16.5. The van der Waals surface area contributed by atoms with Crippen molar-refractivity contribution in [1.29, 1.82) is 0 Å². The number of ether oxygens (including phenoxy) is 1. The van der Waals surface area contributed by atoms with Gasteiger partial charge in [0.15, 0.2) is 5.69 Å². The van der Waals surface area contributed by atoms with Crippen LogP contribution in [0.1, 0.15) is 51.5 Å². The van der Waals surface area contributed by atoms with E-state index in [1.54, 1.807) is 11.5 Å². The molecule has 8 nitrogen and oxygen atoms in total. The summed E-state index contributed by atoms with van der Waals surface area (Å²) in [4.78, 5) is 45.1. The fourth-order valence-electron chi connectivity index (χ4n) is 4.21. The van der Waals surface area contributed by atoms with Crippen molar-refractivity contribution in [3.05, 3.63) is 89.0 Å². The van der Waals surface area contributed by atoms with Gasteiger partial charge in [-0.3, -0.25) is 9.59 Å². The zero-order chi connectivity index (χ0) is 24.3. The number of fused-ring (bicyclic) bond motifs is 1. The van der Waals surface area contributed by atoms with Gasteiger partial charge in [-0.05, 0) is 30.0 Å². The van der Waals surface area contributed by atoms with Gasteiger partial charge in [0.05, 0.1) is 20.0 Å². The topological polar surface area (TPSA) is 93.5 Å². The average molecular weight is 461 g/mol. The molecule has 2 heterocycles. The van der Waals surface area contributed by atoms with Gasteiger partial charge in [0.25, 0.3) is 5.91 Å². The summed E-state index contributed by atoms with van der Waals surface area (Å²) in [7, 11) is 1.25. The van der Waals surface area contributed by atoms with Crippen molar-refractivity contribution in [1.82, 2.24) is 19.8 Å². The molecule has 0 fully saturated rings.